The highest BCUT2D eigenvalue weighted by atomic mass is 16.5. The maximum atomic E-state index is 5.70. The second kappa shape index (κ2) is 5.24. The van der Waals surface area contributed by atoms with Crippen LogP contribution in [0, 0.1) is 0 Å². The Bertz CT molecular complexity index is 350. The number of nitrogens with one attached hydrogen (secondary N) is 1. The van der Waals surface area contributed by atoms with E-state index in [9.17, 15) is 0 Å². The summed E-state index contributed by atoms with van der Waals surface area (Å²) in [5.41, 5.74) is 7.30. The Morgan fingerprint density at radius 2 is 2.33 bits per heavy atom. The van der Waals surface area contributed by atoms with E-state index < -0.39 is 0 Å². The fourth-order valence-electron chi connectivity index (χ4n) is 1.04. The first-order chi connectivity index (χ1) is 7.13. The van der Waals surface area contributed by atoms with Crippen molar-refractivity contribution in [1.29, 1.82) is 0 Å². The zero-order chi connectivity index (χ0) is 11.3. The molecule has 1 aromatic heterocycles. The number of pyridine rings is 1. The van der Waals surface area contributed by atoms with Crippen LogP contribution in [0.1, 0.15) is 13.8 Å². The molecule has 1 aromatic rings. The molecule has 4 nitrogen and oxygen atoms in total. The summed E-state index contributed by atoms with van der Waals surface area (Å²) in [6, 6.07) is 3.60. The standard InChI is InChI=1S/C11H17N3O/c1-4-15-11-9(12)5-6-10(14-11)13-7-8(2)3/h5-6H,2,4,7,12H2,1,3H3,(H,13,14). The molecule has 1 heterocycles. The first kappa shape index (κ1) is 11.4. The molecule has 82 valence electrons. The number of ether oxygens (including phenoxy) is 1. The van der Waals surface area contributed by atoms with Gasteiger partial charge < -0.3 is 15.8 Å². The number of nitrogens with two attached hydrogens (primary N) is 1. The van der Waals surface area contributed by atoms with E-state index in [1.165, 1.54) is 0 Å². The molecule has 0 unspecified atom stereocenters. The van der Waals surface area contributed by atoms with E-state index in [1.807, 2.05) is 19.9 Å². The second-order valence-electron chi connectivity index (χ2n) is 3.33. The first-order valence-electron chi connectivity index (χ1n) is 4.91. The van der Waals surface area contributed by atoms with Crippen molar-refractivity contribution in [2.75, 3.05) is 24.2 Å². The molecular weight excluding hydrogens is 190 g/mol. The summed E-state index contributed by atoms with van der Waals surface area (Å²) >= 11 is 0. The monoisotopic (exact) mass is 207 g/mol. The number of nitrogen functional groups attached to an aromatic ring is 1. The lowest BCUT2D eigenvalue weighted by molar-refractivity contribution is 0.329. The minimum Gasteiger partial charge on any atom is -0.476 e. The molecule has 4 heteroatoms. The van der Waals surface area contributed by atoms with Crippen molar-refractivity contribution in [2.24, 2.45) is 0 Å². The van der Waals surface area contributed by atoms with Gasteiger partial charge in [0, 0.05) is 6.54 Å². The van der Waals surface area contributed by atoms with Gasteiger partial charge in [-0.05, 0) is 26.0 Å². The van der Waals surface area contributed by atoms with Crippen LogP contribution in [0.2, 0.25) is 0 Å². The van der Waals surface area contributed by atoms with Crippen molar-refractivity contribution in [2.45, 2.75) is 13.8 Å². The van der Waals surface area contributed by atoms with Gasteiger partial charge in [-0.15, -0.1) is 0 Å². The highest BCUT2D eigenvalue weighted by Gasteiger charge is 2.02. The van der Waals surface area contributed by atoms with Crippen LogP contribution in [0.15, 0.2) is 24.3 Å². The molecule has 0 amide bonds. The normalized spacial score (nSPS) is 9.73. The quantitative estimate of drug-likeness (QED) is 0.725. The lowest BCUT2D eigenvalue weighted by atomic mass is 10.3. The van der Waals surface area contributed by atoms with E-state index in [0.29, 0.717) is 24.7 Å². The summed E-state index contributed by atoms with van der Waals surface area (Å²) in [6.07, 6.45) is 0. The second-order valence-corrected chi connectivity index (χ2v) is 3.33. The van der Waals surface area contributed by atoms with Gasteiger partial charge in [0.25, 0.3) is 0 Å². The number of anilines is 2. The lowest BCUT2D eigenvalue weighted by Crippen LogP contribution is -2.06. The van der Waals surface area contributed by atoms with Gasteiger partial charge in [-0.2, -0.15) is 4.98 Å². The molecular formula is C11H17N3O. The van der Waals surface area contributed by atoms with E-state index in [-0.39, 0.29) is 0 Å². The Hall–Kier alpha value is -1.71. The average molecular weight is 207 g/mol. The van der Waals surface area contributed by atoms with Crippen LogP contribution < -0.4 is 15.8 Å². The Kier molecular flexibility index (Phi) is 3.97. The molecule has 0 bridgehead atoms. The van der Waals surface area contributed by atoms with Gasteiger partial charge in [0.1, 0.15) is 5.82 Å². The van der Waals surface area contributed by atoms with E-state index in [2.05, 4.69) is 16.9 Å². The van der Waals surface area contributed by atoms with Gasteiger partial charge in [-0.1, -0.05) is 12.2 Å². The van der Waals surface area contributed by atoms with Crippen LogP contribution in [0.5, 0.6) is 5.88 Å². The Morgan fingerprint density at radius 3 is 2.93 bits per heavy atom. The molecule has 3 N–H and O–H groups in total. The summed E-state index contributed by atoms with van der Waals surface area (Å²) in [5, 5.41) is 3.12. The molecule has 0 aliphatic rings. The fourth-order valence-corrected chi connectivity index (χ4v) is 1.04. The molecule has 1 rings (SSSR count). The Labute approximate surface area is 90.2 Å². The van der Waals surface area contributed by atoms with Crippen LogP contribution in [-0.4, -0.2) is 18.1 Å². The summed E-state index contributed by atoms with van der Waals surface area (Å²) < 4.78 is 5.29. The van der Waals surface area contributed by atoms with E-state index in [4.69, 9.17) is 10.5 Å². The van der Waals surface area contributed by atoms with Crippen molar-refractivity contribution in [3.63, 3.8) is 0 Å². The number of nitrogens with zero attached hydrogens (tertiary/aromatic N) is 1. The summed E-state index contributed by atoms with van der Waals surface area (Å²) in [5.74, 6) is 1.22. The average Bonchev–Trinajstić information content (AvgIpc) is 2.19. The van der Waals surface area contributed by atoms with Gasteiger partial charge in [0.05, 0.1) is 12.3 Å². The lowest BCUT2D eigenvalue weighted by Gasteiger charge is -2.09. The maximum Gasteiger partial charge on any atom is 0.239 e. The topological polar surface area (TPSA) is 60.2 Å². The zero-order valence-electron chi connectivity index (χ0n) is 9.21. The van der Waals surface area contributed by atoms with Crippen LogP contribution in [-0.2, 0) is 0 Å². The third-order valence-corrected chi connectivity index (χ3v) is 1.74. The summed E-state index contributed by atoms with van der Waals surface area (Å²) in [7, 11) is 0. The molecule has 0 atom stereocenters. The molecule has 0 radical (unpaired) electrons. The third kappa shape index (κ3) is 3.50. The van der Waals surface area contributed by atoms with Crippen LogP contribution in [0.3, 0.4) is 0 Å². The molecule has 0 spiro atoms. The number of hydrogen-bond acceptors (Lipinski definition) is 4. The highest BCUT2D eigenvalue weighted by Crippen LogP contribution is 2.20. The minimum atomic E-state index is 0.476. The van der Waals surface area contributed by atoms with Crippen molar-refractivity contribution < 1.29 is 4.74 Å². The highest BCUT2D eigenvalue weighted by molar-refractivity contribution is 5.53. The first-order valence-corrected chi connectivity index (χ1v) is 4.91. The van der Waals surface area contributed by atoms with E-state index in [0.717, 1.165) is 11.4 Å². The molecule has 0 aliphatic carbocycles. The molecule has 0 saturated heterocycles. The third-order valence-electron chi connectivity index (χ3n) is 1.74. The summed E-state index contributed by atoms with van der Waals surface area (Å²) in [6.45, 7) is 8.90. The van der Waals surface area contributed by atoms with Crippen molar-refractivity contribution in [3.8, 4) is 5.88 Å². The Balaban J connectivity index is 2.73. The molecule has 0 aliphatic heterocycles. The Morgan fingerprint density at radius 1 is 1.60 bits per heavy atom. The number of hydrogen-bond donors (Lipinski definition) is 2. The van der Waals surface area contributed by atoms with Crippen LogP contribution in [0.4, 0.5) is 11.5 Å². The van der Waals surface area contributed by atoms with Crippen molar-refractivity contribution >= 4 is 11.5 Å². The number of rotatable bonds is 5. The smallest absolute Gasteiger partial charge is 0.239 e. The molecule has 15 heavy (non-hydrogen) atoms. The van der Waals surface area contributed by atoms with Gasteiger partial charge in [-0.3, -0.25) is 0 Å². The zero-order valence-corrected chi connectivity index (χ0v) is 9.21. The van der Waals surface area contributed by atoms with Gasteiger partial charge in [0.2, 0.25) is 5.88 Å². The minimum absolute atomic E-state index is 0.476. The fraction of sp³-hybridized carbons (Fsp3) is 0.364. The largest absolute Gasteiger partial charge is 0.476 e. The predicted octanol–water partition coefficient (Wildman–Crippen LogP) is 2.05. The SMILES string of the molecule is C=C(C)CNc1ccc(N)c(OCC)n1. The molecule has 0 aromatic carbocycles. The van der Waals surface area contributed by atoms with E-state index >= 15 is 0 Å². The predicted molar refractivity (Wildman–Crippen MR) is 63.1 cm³/mol. The van der Waals surface area contributed by atoms with Crippen LogP contribution >= 0.6 is 0 Å². The van der Waals surface area contributed by atoms with Crippen molar-refractivity contribution in [3.05, 3.63) is 24.3 Å². The molecule has 0 saturated carbocycles. The molecule has 0 fully saturated rings. The van der Waals surface area contributed by atoms with Crippen molar-refractivity contribution in [1.82, 2.24) is 4.98 Å². The number of aromatic nitrogens is 1. The van der Waals surface area contributed by atoms with Gasteiger partial charge in [-0.25, -0.2) is 0 Å². The van der Waals surface area contributed by atoms with Gasteiger partial charge >= 0.3 is 0 Å². The van der Waals surface area contributed by atoms with Gasteiger partial charge in [0.15, 0.2) is 0 Å². The van der Waals surface area contributed by atoms with Crippen LogP contribution in [0.25, 0.3) is 0 Å². The maximum absolute atomic E-state index is 5.70. The van der Waals surface area contributed by atoms with E-state index in [1.54, 1.807) is 6.07 Å². The summed E-state index contributed by atoms with van der Waals surface area (Å²) in [4.78, 5) is 4.23.